The maximum Gasteiger partial charge on any atom is 0.151 e. The zero-order valence-corrected chi connectivity index (χ0v) is 7.19. The number of carbonyl (C=O) groups excluding carboxylic acids is 2. The highest BCUT2D eigenvalue weighted by Gasteiger charge is 2.04. The van der Waals surface area contributed by atoms with Crippen molar-refractivity contribution in [3.63, 3.8) is 0 Å². The van der Waals surface area contributed by atoms with E-state index in [1.165, 1.54) is 0 Å². The third kappa shape index (κ3) is 1.90. The fraction of sp³-hybridized carbons (Fsp3) is 0.0909. The van der Waals surface area contributed by atoms with Gasteiger partial charge in [-0.1, -0.05) is 24.3 Å². The highest BCUT2D eigenvalue weighted by atomic mass is 16.1. The Kier molecular flexibility index (Phi) is 3.15. The lowest BCUT2D eigenvalue weighted by Gasteiger charge is -2.02. The van der Waals surface area contributed by atoms with Gasteiger partial charge >= 0.3 is 0 Å². The average molecular weight is 174 g/mol. The Morgan fingerprint density at radius 3 is 2.54 bits per heavy atom. The van der Waals surface area contributed by atoms with E-state index in [2.05, 4.69) is 6.58 Å². The Morgan fingerprint density at radius 2 is 2.00 bits per heavy atom. The minimum absolute atomic E-state index is 0.439. The molecule has 0 heterocycles. The van der Waals surface area contributed by atoms with E-state index in [1.807, 2.05) is 6.07 Å². The molecule has 0 aliphatic rings. The van der Waals surface area contributed by atoms with Crippen molar-refractivity contribution < 1.29 is 9.59 Å². The number of hydrogen-bond acceptors (Lipinski definition) is 2. The van der Waals surface area contributed by atoms with E-state index in [9.17, 15) is 9.59 Å². The van der Waals surface area contributed by atoms with E-state index in [0.29, 0.717) is 30.1 Å². The number of hydrogen-bond donors (Lipinski definition) is 0. The van der Waals surface area contributed by atoms with Crippen LogP contribution in [0.2, 0.25) is 0 Å². The van der Waals surface area contributed by atoms with Crippen LogP contribution >= 0.6 is 0 Å². The number of allylic oxidation sites excluding steroid dienone is 1. The standard InChI is InChI=1S/C11H10O2/c1-2-4-9-5-3-6-10(7-12)11(9)8-13/h2-3,5-8H,1,4H2. The van der Waals surface area contributed by atoms with Gasteiger partial charge in [0.1, 0.15) is 0 Å². The molecule has 13 heavy (non-hydrogen) atoms. The van der Waals surface area contributed by atoms with Crippen molar-refractivity contribution in [2.45, 2.75) is 6.42 Å². The zero-order chi connectivity index (χ0) is 9.68. The minimum atomic E-state index is 0.439. The van der Waals surface area contributed by atoms with E-state index in [0.717, 1.165) is 5.56 Å². The monoisotopic (exact) mass is 174 g/mol. The van der Waals surface area contributed by atoms with E-state index in [-0.39, 0.29) is 0 Å². The normalized spacial score (nSPS) is 9.23. The zero-order valence-electron chi connectivity index (χ0n) is 7.19. The first kappa shape index (κ1) is 9.39. The largest absolute Gasteiger partial charge is 0.298 e. The summed E-state index contributed by atoms with van der Waals surface area (Å²) in [6.07, 6.45) is 3.71. The van der Waals surface area contributed by atoms with Crippen molar-refractivity contribution in [2.75, 3.05) is 0 Å². The number of rotatable bonds is 4. The first-order valence-electron chi connectivity index (χ1n) is 3.96. The molecule has 0 radical (unpaired) electrons. The highest BCUT2D eigenvalue weighted by Crippen LogP contribution is 2.11. The van der Waals surface area contributed by atoms with Crippen molar-refractivity contribution in [1.82, 2.24) is 0 Å². The molecule has 0 aliphatic carbocycles. The summed E-state index contributed by atoms with van der Waals surface area (Å²) in [6, 6.07) is 5.21. The van der Waals surface area contributed by atoms with Crippen LogP contribution in [0.5, 0.6) is 0 Å². The lowest BCUT2D eigenvalue weighted by Crippen LogP contribution is -1.96. The van der Waals surface area contributed by atoms with Crippen molar-refractivity contribution in [3.8, 4) is 0 Å². The van der Waals surface area contributed by atoms with Gasteiger partial charge in [0.25, 0.3) is 0 Å². The van der Waals surface area contributed by atoms with Gasteiger partial charge in [0.2, 0.25) is 0 Å². The van der Waals surface area contributed by atoms with Crippen LogP contribution in [0.15, 0.2) is 30.9 Å². The van der Waals surface area contributed by atoms with Crippen molar-refractivity contribution in [2.24, 2.45) is 0 Å². The summed E-state index contributed by atoms with van der Waals surface area (Å²) in [4.78, 5) is 21.2. The van der Waals surface area contributed by atoms with Crippen LogP contribution < -0.4 is 0 Å². The summed E-state index contributed by atoms with van der Waals surface area (Å²) in [5.74, 6) is 0. The lowest BCUT2D eigenvalue weighted by atomic mass is 10.0. The van der Waals surface area contributed by atoms with Crippen LogP contribution in [0.4, 0.5) is 0 Å². The van der Waals surface area contributed by atoms with Crippen LogP contribution in [-0.2, 0) is 6.42 Å². The quantitative estimate of drug-likeness (QED) is 0.517. The second kappa shape index (κ2) is 4.36. The Balaban J connectivity index is 3.25. The van der Waals surface area contributed by atoms with Gasteiger partial charge in [-0.05, 0) is 12.0 Å². The second-order valence-electron chi connectivity index (χ2n) is 2.65. The Labute approximate surface area is 76.9 Å². The van der Waals surface area contributed by atoms with Crippen LogP contribution in [0.3, 0.4) is 0 Å². The van der Waals surface area contributed by atoms with E-state index in [1.54, 1.807) is 18.2 Å². The van der Waals surface area contributed by atoms with Gasteiger partial charge in [-0.15, -0.1) is 6.58 Å². The second-order valence-corrected chi connectivity index (χ2v) is 2.65. The maximum atomic E-state index is 10.7. The number of aldehydes is 2. The van der Waals surface area contributed by atoms with Crippen molar-refractivity contribution in [3.05, 3.63) is 47.5 Å². The third-order valence-electron chi connectivity index (χ3n) is 1.84. The van der Waals surface area contributed by atoms with Gasteiger partial charge in [-0.3, -0.25) is 9.59 Å². The fourth-order valence-corrected chi connectivity index (χ4v) is 1.21. The first-order chi connectivity index (χ1) is 6.33. The average Bonchev–Trinajstić information content (AvgIpc) is 2.18. The van der Waals surface area contributed by atoms with E-state index < -0.39 is 0 Å². The van der Waals surface area contributed by atoms with Crippen LogP contribution in [0.25, 0.3) is 0 Å². The summed E-state index contributed by atoms with van der Waals surface area (Å²) in [6.45, 7) is 3.58. The van der Waals surface area contributed by atoms with Crippen molar-refractivity contribution in [1.29, 1.82) is 0 Å². The van der Waals surface area contributed by atoms with Crippen LogP contribution in [0.1, 0.15) is 26.3 Å². The lowest BCUT2D eigenvalue weighted by molar-refractivity contribution is 0.109. The molecule has 0 bridgehead atoms. The molecule has 66 valence electrons. The SMILES string of the molecule is C=CCc1cccc(C=O)c1C=O. The minimum Gasteiger partial charge on any atom is -0.298 e. The van der Waals surface area contributed by atoms with Gasteiger partial charge in [-0.25, -0.2) is 0 Å². The summed E-state index contributed by atoms with van der Waals surface area (Å²) >= 11 is 0. The molecule has 0 aliphatic heterocycles. The molecule has 2 nitrogen and oxygen atoms in total. The topological polar surface area (TPSA) is 34.1 Å². The molecule has 0 atom stereocenters. The molecular weight excluding hydrogens is 164 g/mol. The van der Waals surface area contributed by atoms with Gasteiger partial charge in [0.05, 0.1) is 0 Å². The molecule has 0 N–H and O–H groups in total. The van der Waals surface area contributed by atoms with Crippen LogP contribution in [0, 0.1) is 0 Å². The maximum absolute atomic E-state index is 10.7. The molecule has 2 heteroatoms. The highest BCUT2D eigenvalue weighted by molar-refractivity contribution is 5.91. The third-order valence-corrected chi connectivity index (χ3v) is 1.84. The van der Waals surface area contributed by atoms with Gasteiger partial charge in [0, 0.05) is 11.1 Å². The molecule has 0 amide bonds. The van der Waals surface area contributed by atoms with E-state index in [4.69, 9.17) is 0 Å². The van der Waals surface area contributed by atoms with Crippen molar-refractivity contribution >= 4 is 12.6 Å². The molecule has 0 saturated carbocycles. The molecule has 0 unspecified atom stereocenters. The number of carbonyl (C=O) groups is 2. The van der Waals surface area contributed by atoms with Crippen LogP contribution in [-0.4, -0.2) is 12.6 Å². The summed E-state index contributed by atoms with van der Waals surface area (Å²) in [5, 5.41) is 0. The molecule has 1 aromatic rings. The molecule has 0 saturated heterocycles. The van der Waals surface area contributed by atoms with Gasteiger partial charge in [0.15, 0.2) is 12.6 Å². The fourth-order valence-electron chi connectivity index (χ4n) is 1.21. The van der Waals surface area contributed by atoms with Gasteiger partial charge in [-0.2, -0.15) is 0 Å². The van der Waals surface area contributed by atoms with Gasteiger partial charge < -0.3 is 0 Å². The summed E-state index contributed by atoms with van der Waals surface area (Å²) < 4.78 is 0. The molecule has 1 aromatic carbocycles. The molecule has 1 rings (SSSR count). The Hall–Kier alpha value is -1.70. The Bertz CT molecular complexity index is 340. The molecule has 0 fully saturated rings. The summed E-state index contributed by atoms with van der Waals surface area (Å²) in [7, 11) is 0. The predicted octanol–water partition coefficient (Wildman–Crippen LogP) is 2.04. The molecule has 0 aromatic heterocycles. The predicted molar refractivity (Wildman–Crippen MR) is 51.1 cm³/mol. The molecule has 0 spiro atoms. The first-order valence-corrected chi connectivity index (χ1v) is 3.96. The molecular formula is C11H10O2. The Morgan fingerprint density at radius 1 is 1.23 bits per heavy atom. The smallest absolute Gasteiger partial charge is 0.151 e. The summed E-state index contributed by atoms with van der Waals surface area (Å²) in [5.41, 5.74) is 1.75. The number of benzene rings is 1. The van der Waals surface area contributed by atoms with E-state index >= 15 is 0 Å².